The van der Waals surface area contributed by atoms with Gasteiger partial charge in [0, 0.05) is 49.2 Å². The van der Waals surface area contributed by atoms with E-state index in [2.05, 4.69) is 10.1 Å². The number of benzene rings is 1. The number of fused-ring (bicyclic) bond motifs is 1. The standard InChI is InChI=1S/C22H24N4O2/c1-15-12-17(28-24-15)14-25-8-10-26(11-9-25)22(27)19-13-21(16-6-7-16)23-20-5-3-2-4-18(19)20/h2-5,12-13,16H,6-11,14H2,1H3. The van der Waals surface area contributed by atoms with Crippen LogP contribution in [-0.4, -0.2) is 52.0 Å². The van der Waals surface area contributed by atoms with E-state index in [1.807, 2.05) is 48.2 Å². The quantitative estimate of drug-likeness (QED) is 0.699. The fraction of sp³-hybridized carbons (Fsp3) is 0.409. The van der Waals surface area contributed by atoms with Crippen LogP contribution in [0.15, 0.2) is 40.9 Å². The van der Waals surface area contributed by atoms with Crippen molar-refractivity contribution in [2.75, 3.05) is 26.2 Å². The van der Waals surface area contributed by atoms with E-state index in [4.69, 9.17) is 9.51 Å². The molecule has 3 heterocycles. The van der Waals surface area contributed by atoms with Crippen molar-refractivity contribution < 1.29 is 9.32 Å². The Labute approximate surface area is 164 Å². The van der Waals surface area contributed by atoms with Crippen molar-refractivity contribution in [1.82, 2.24) is 19.9 Å². The van der Waals surface area contributed by atoms with Crippen molar-refractivity contribution in [3.8, 4) is 0 Å². The number of hydrogen-bond acceptors (Lipinski definition) is 5. The molecule has 6 heteroatoms. The van der Waals surface area contributed by atoms with Crippen molar-refractivity contribution >= 4 is 16.8 Å². The first-order valence-corrected chi connectivity index (χ1v) is 10.0. The molecule has 1 aliphatic heterocycles. The average Bonchev–Trinajstić information content (AvgIpc) is 3.50. The van der Waals surface area contributed by atoms with Gasteiger partial charge in [0.05, 0.1) is 23.3 Å². The molecule has 1 aliphatic carbocycles. The lowest BCUT2D eigenvalue weighted by Crippen LogP contribution is -2.48. The topological polar surface area (TPSA) is 62.5 Å². The van der Waals surface area contributed by atoms with Crippen LogP contribution in [0.2, 0.25) is 0 Å². The number of rotatable bonds is 4. The predicted octanol–water partition coefficient (Wildman–Crippen LogP) is 3.37. The molecule has 3 aromatic rings. The van der Waals surface area contributed by atoms with Gasteiger partial charge in [0.15, 0.2) is 5.76 Å². The largest absolute Gasteiger partial charge is 0.360 e. The molecule has 1 amide bonds. The molecule has 2 fully saturated rings. The fourth-order valence-electron chi connectivity index (χ4n) is 3.95. The first kappa shape index (κ1) is 17.4. The van der Waals surface area contributed by atoms with Crippen LogP contribution in [0.25, 0.3) is 10.9 Å². The van der Waals surface area contributed by atoms with E-state index >= 15 is 0 Å². The number of amides is 1. The van der Waals surface area contributed by atoms with Gasteiger partial charge in [-0.15, -0.1) is 0 Å². The Hall–Kier alpha value is -2.73. The van der Waals surface area contributed by atoms with Crippen LogP contribution in [0.3, 0.4) is 0 Å². The summed E-state index contributed by atoms with van der Waals surface area (Å²) in [5.41, 5.74) is 3.70. The average molecular weight is 376 g/mol. The SMILES string of the molecule is Cc1cc(CN2CCN(C(=O)c3cc(C4CC4)nc4ccccc34)CC2)on1. The smallest absolute Gasteiger partial charge is 0.254 e. The summed E-state index contributed by atoms with van der Waals surface area (Å²) in [6, 6.07) is 12.0. The van der Waals surface area contributed by atoms with E-state index in [1.165, 1.54) is 12.8 Å². The van der Waals surface area contributed by atoms with Gasteiger partial charge < -0.3 is 9.42 Å². The second kappa shape index (κ2) is 7.02. The van der Waals surface area contributed by atoms with Gasteiger partial charge in [-0.25, -0.2) is 0 Å². The lowest BCUT2D eigenvalue weighted by molar-refractivity contribution is 0.0619. The maximum Gasteiger partial charge on any atom is 0.254 e. The molecule has 1 saturated carbocycles. The maximum absolute atomic E-state index is 13.3. The van der Waals surface area contributed by atoms with E-state index in [0.717, 1.165) is 66.3 Å². The number of pyridine rings is 1. The van der Waals surface area contributed by atoms with E-state index in [9.17, 15) is 4.79 Å². The Morgan fingerprint density at radius 3 is 2.64 bits per heavy atom. The summed E-state index contributed by atoms with van der Waals surface area (Å²) in [5.74, 6) is 1.53. The number of aryl methyl sites for hydroxylation is 1. The summed E-state index contributed by atoms with van der Waals surface area (Å²) < 4.78 is 5.32. The molecule has 1 aromatic carbocycles. The van der Waals surface area contributed by atoms with Gasteiger partial charge in [0.1, 0.15) is 0 Å². The monoisotopic (exact) mass is 376 g/mol. The summed E-state index contributed by atoms with van der Waals surface area (Å²) in [4.78, 5) is 22.4. The zero-order valence-electron chi connectivity index (χ0n) is 16.1. The van der Waals surface area contributed by atoms with Crippen molar-refractivity contribution in [3.05, 3.63) is 59.1 Å². The summed E-state index contributed by atoms with van der Waals surface area (Å²) in [6.45, 7) is 5.79. The van der Waals surface area contributed by atoms with Crippen molar-refractivity contribution in [3.63, 3.8) is 0 Å². The molecule has 2 aliphatic rings. The number of carbonyl (C=O) groups is 1. The molecule has 28 heavy (non-hydrogen) atoms. The summed E-state index contributed by atoms with van der Waals surface area (Å²) in [6.07, 6.45) is 2.36. The molecule has 0 atom stereocenters. The van der Waals surface area contributed by atoms with Gasteiger partial charge in [0.2, 0.25) is 0 Å². The second-order valence-electron chi connectivity index (χ2n) is 7.89. The Kier molecular flexibility index (Phi) is 4.36. The molecule has 0 unspecified atom stereocenters. The Bertz CT molecular complexity index is 1020. The minimum Gasteiger partial charge on any atom is -0.360 e. The highest BCUT2D eigenvalue weighted by molar-refractivity contribution is 6.06. The summed E-state index contributed by atoms with van der Waals surface area (Å²) >= 11 is 0. The van der Waals surface area contributed by atoms with Crippen LogP contribution in [0.5, 0.6) is 0 Å². The minimum absolute atomic E-state index is 0.121. The molecule has 1 saturated heterocycles. The van der Waals surface area contributed by atoms with Crippen LogP contribution in [0, 0.1) is 6.92 Å². The lowest BCUT2D eigenvalue weighted by atomic mass is 10.0. The van der Waals surface area contributed by atoms with Crippen LogP contribution < -0.4 is 0 Å². The third kappa shape index (κ3) is 3.40. The molecular weight excluding hydrogens is 352 g/mol. The van der Waals surface area contributed by atoms with Crippen LogP contribution in [0.1, 0.15) is 46.3 Å². The number of piperazine rings is 1. The highest BCUT2D eigenvalue weighted by Crippen LogP contribution is 2.40. The first-order chi connectivity index (χ1) is 13.7. The summed E-state index contributed by atoms with van der Waals surface area (Å²) in [7, 11) is 0. The fourth-order valence-corrected chi connectivity index (χ4v) is 3.95. The molecule has 0 radical (unpaired) electrons. The molecule has 0 spiro atoms. The van der Waals surface area contributed by atoms with Crippen molar-refractivity contribution in [2.45, 2.75) is 32.2 Å². The van der Waals surface area contributed by atoms with Crippen molar-refractivity contribution in [2.24, 2.45) is 0 Å². The van der Waals surface area contributed by atoms with Gasteiger partial charge in [-0.05, 0) is 31.9 Å². The van der Waals surface area contributed by atoms with E-state index in [-0.39, 0.29) is 5.91 Å². The van der Waals surface area contributed by atoms with Crippen molar-refractivity contribution in [1.29, 1.82) is 0 Å². The highest BCUT2D eigenvalue weighted by Gasteiger charge is 2.29. The van der Waals surface area contributed by atoms with Crippen LogP contribution in [0.4, 0.5) is 0 Å². The summed E-state index contributed by atoms with van der Waals surface area (Å²) in [5, 5.41) is 4.90. The first-order valence-electron chi connectivity index (χ1n) is 10.0. The number of para-hydroxylation sites is 1. The second-order valence-corrected chi connectivity index (χ2v) is 7.89. The number of nitrogens with zero attached hydrogens (tertiary/aromatic N) is 4. The predicted molar refractivity (Wildman–Crippen MR) is 106 cm³/mol. The Balaban J connectivity index is 1.33. The van der Waals surface area contributed by atoms with Crippen LogP contribution in [-0.2, 0) is 6.54 Å². The normalized spacial score (nSPS) is 18.0. The van der Waals surface area contributed by atoms with E-state index < -0.39 is 0 Å². The molecular formula is C22H24N4O2. The van der Waals surface area contributed by atoms with Crippen LogP contribution >= 0.6 is 0 Å². The molecule has 6 nitrogen and oxygen atoms in total. The molecule has 144 valence electrons. The Morgan fingerprint density at radius 1 is 1.14 bits per heavy atom. The minimum atomic E-state index is 0.121. The molecule has 2 aromatic heterocycles. The van der Waals surface area contributed by atoms with E-state index in [0.29, 0.717) is 5.92 Å². The Morgan fingerprint density at radius 2 is 1.93 bits per heavy atom. The lowest BCUT2D eigenvalue weighted by Gasteiger charge is -2.34. The van der Waals surface area contributed by atoms with Gasteiger partial charge in [-0.3, -0.25) is 14.7 Å². The van der Waals surface area contributed by atoms with Gasteiger partial charge >= 0.3 is 0 Å². The zero-order valence-corrected chi connectivity index (χ0v) is 16.1. The highest BCUT2D eigenvalue weighted by atomic mass is 16.5. The molecule has 0 bridgehead atoms. The third-order valence-corrected chi connectivity index (χ3v) is 5.68. The zero-order chi connectivity index (χ0) is 19.1. The molecule has 0 N–H and O–H groups in total. The number of carbonyl (C=O) groups excluding carboxylic acids is 1. The van der Waals surface area contributed by atoms with E-state index in [1.54, 1.807) is 0 Å². The molecule has 5 rings (SSSR count). The maximum atomic E-state index is 13.3. The number of hydrogen-bond donors (Lipinski definition) is 0. The number of aromatic nitrogens is 2. The van der Waals surface area contributed by atoms with Gasteiger partial charge in [-0.2, -0.15) is 0 Å². The van der Waals surface area contributed by atoms with Gasteiger partial charge in [-0.1, -0.05) is 23.4 Å². The third-order valence-electron chi connectivity index (χ3n) is 5.68. The van der Waals surface area contributed by atoms with Gasteiger partial charge in [0.25, 0.3) is 5.91 Å².